The van der Waals surface area contributed by atoms with E-state index in [0.717, 1.165) is 11.0 Å². The largest absolute Gasteiger partial charge is 0.355 e. The lowest BCUT2D eigenvalue weighted by molar-refractivity contribution is 0.769. The summed E-state index contributed by atoms with van der Waals surface area (Å²) in [4.78, 5) is 3.72. The summed E-state index contributed by atoms with van der Waals surface area (Å²) in [7, 11) is 0. The van der Waals surface area contributed by atoms with Crippen LogP contribution in [0.3, 0.4) is 0 Å². The minimum Gasteiger partial charge on any atom is -0.355 e. The summed E-state index contributed by atoms with van der Waals surface area (Å²) < 4.78 is 2.38. The highest BCUT2D eigenvalue weighted by Crippen LogP contribution is 2.56. The summed E-state index contributed by atoms with van der Waals surface area (Å²) in [6, 6.07) is 78.2. The van der Waals surface area contributed by atoms with Gasteiger partial charge in [-0.05, 0) is 116 Å². The van der Waals surface area contributed by atoms with Crippen LogP contribution in [0.1, 0.15) is 22.3 Å². The molecule has 0 radical (unpaired) electrons. The normalized spacial score (nSPS) is 13.1. The van der Waals surface area contributed by atoms with Crippen molar-refractivity contribution in [3.05, 3.63) is 235 Å². The summed E-state index contributed by atoms with van der Waals surface area (Å²) >= 11 is 0. The average Bonchev–Trinajstić information content (AvgIpc) is 3.92. The molecule has 9 aromatic carbocycles. The minimum atomic E-state index is -0.432. The lowest BCUT2D eigenvalue weighted by atomic mass is 9.67. The molecule has 2 heteroatoms. The van der Waals surface area contributed by atoms with Crippen molar-refractivity contribution in [2.45, 2.75) is 5.41 Å². The van der Waals surface area contributed by atoms with E-state index in [0.29, 0.717) is 0 Å². The first-order chi connectivity index (χ1) is 28.3. The van der Waals surface area contributed by atoms with E-state index in [2.05, 4.69) is 222 Å². The molecule has 57 heavy (non-hydrogen) atoms. The number of nitrogens with one attached hydrogen (secondary N) is 1. The van der Waals surface area contributed by atoms with E-state index in [1.54, 1.807) is 0 Å². The van der Waals surface area contributed by atoms with Gasteiger partial charge in [-0.3, -0.25) is 0 Å². The number of para-hydroxylation sites is 2. The molecule has 2 nitrogen and oxygen atoms in total. The zero-order chi connectivity index (χ0) is 37.5. The SMILES string of the molecule is c1ccc(-n2c3ccccc3c3cc(-c4ccc5[nH]c6ccc(-c7ccc8c(c7)C(c7ccccc7)(c7ccccc7)c7ccccc7-8)cc6c5c4)ccc32)cc1. The Hall–Kier alpha value is -7.42. The minimum absolute atomic E-state index is 0.432. The second-order valence-electron chi connectivity index (χ2n) is 15.4. The zero-order valence-electron chi connectivity index (χ0n) is 31.2. The monoisotopic (exact) mass is 724 g/mol. The van der Waals surface area contributed by atoms with Gasteiger partial charge in [-0.2, -0.15) is 0 Å². The number of rotatable bonds is 5. The van der Waals surface area contributed by atoms with Crippen molar-refractivity contribution in [1.29, 1.82) is 0 Å². The van der Waals surface area contributed by atoms with Gasteiger partial charge in [0.15, 0.2) is 0 Å². The van der Waals surface area contributed by atoms with Gasteiger partial charge in [0, 0.05) is 38.3 Å². The van der Waals surface area contributed by atoms with Crippen LogP contribution >= 0.6 is 0 Å². The Kier molecular flexibility index (Phi) is 6.88. The van der Waals surface area contributed by atoms with Crippen molar-refractivity contribution in [2.24, 2.45) is 0 Å². The maximum Gasteiger partial charge on any atom is 0.0713 e. The molecule has 12 rings (SSSR count). The van der Waals surface area contributed by atoms with Gasteiger partial charge in [0.1, 0.15) is 0 Å². The van der Waals surface area contributed by atoms with E-state index in [9.17, 15) is 0 Å². The fourth-order valence-electron chi connectivity index (χ4n) is 9.89. The Bertz CT molecular complexity index is 3290. The average molecular weight is 725 g/mol. The lowest BCUT2D eigenvalue weighted by Gasteiger charge is -2.34. The third kappa shape index (κ3) is 4.65. The van der Waals surface area contributed by atoms with Crippen LogP contribution in [-0.4, -0.2) is 9.55 Å². The number of fused-ring (bicyclic) bond motifs is 9. The summed E-state index contributed by atoms with van der Waals surface area (Å²) in [6.07, 6.45) is 0. The van der Waals surface area contributed by atoms with Crippen molar-refractivity contribution in [3.8, 4) is 39.1 Å². The van der Waals surface area contributed by atoms with Crippen LogP contribution < -0.4 is 0 Å². The predicted octanol–water partition coefficient (Wildman–Crippen LogP) is 14.1. The Morgan fingerprint density at radius 3 is 1.51 bits per heavy atom. The molecule has 0 aliphatic heterocycles. The third-order valence-electron chi connectivity index (χ3n) is 12.4. The number of benzene rings is 9. The second kappa shape index (κ2) is 12.3. The molecule has 0 bridgehead atoms. The van der Waals surface area contributed by atoms with Crippen LogP contribution in [0, 0.1) is 0 Å². The first kappa shape index (κ1) is 31.9. The topological polar surface area (TPSA) is 20.7 Å². The molecular weight excluding hydrogens is 689 g/mol. The van der Waals surface area contributed by atoms with Crippen molar-refractivity contribution in [1.82, 2.24) is 9.55 Å². The molecule has 0 saturated carbocycles. The van der Waals surface area contributed by atoms with Gasteiger partial charge >= 0.3 is 0 Å². The summed E-state index contributed by atoms with van der Waals surface area (Å²) in [5.41, 5.74) is 18.1. The van der Waals surface area contributed by atoms with Crippen LogP contribution in [0.25, 0.3) is 82.7 Å². The van der Waals surface area contributed by atoms with Crippen LogP contribution in [-0.2, 0) is 5.41 Å². The van der Waals surface area contributed by atoms with Gasteiger partial charge in [0.25, 0.3) is 0 Å². The molecule has 0 fully saturated rings. The van der Waals surface area contributed by atoms with Gasteiger partial charge in [-0.15, -0.1) is 0 Å². The van der Waals surface area contributed by atoms with E-state index in [1.165, 1.54) is 93.9 Å². The van der Waals surface area contributed by atoms with Crippen molar-refractivity contribution in [3.63, 3.8) is 0 Å². The highest BCUT2D eigenvalue weighted by atomic mass is 15.0. The number of nitrogens with zero attached hydrogens (tertiary/aromatic N) is 1. The van der Waals surface area contributed by atoms with Crippen molar-refractivity contribution >= 4 is 43.6 Å². The van der Waals surface area contributed by atoms with Gasteiger partial charge in [-0.25, -0.2) is 0 Å². The van der Waals surface area contributed by atoms with E-state index < -0.39 is 5.41 Å². The van der Waals surface area contributed by atoms with Gasteiger partial charge in [0.2, 0.25) is 0 Å². The quantitative estimate of drug-likeness (QED) is 0.182. The predicted molar refractivity (Wildman–Crippen MR) is 238 cm³/mol. The Labute approximate surface area is 330 Å². The number of hydrogen-bond acceptors (Lipinski definition) is 0. The van der Waals surface area contributed by atoms with Gasteiger partial charge in [0.05, 0.1) is 16.4 Å². The molecule has 0 atom stereocenters. The molecule has 0 saturated heterocycles. The maximum absolute atomic E-state index is 3.72. The van der Waals surface area contributed by atoms with E-state index in [-0.39, 0.29) is 0 Å². The number of H-pyrrole nitrogens is 1. The Balaban J connectivity index is 1.01. The van der Waals surface area contributed by atoms with Crippen LogP contribution in [0.4, 0.5) is 0 Å². The first-order valence-corrected chi connectivity index (χ1v) is 19.8. The van der Waals surface area contributed by atoms with E-state index in [4.69, 9.17) is 0 Å². The molecule has 1 N–H and O–H groups in total. The van der Waals surface area contributed by atoms with Crippen LogP contribution in [0.2, 0.25) is 0 Å². The molecule has 2 heterocycles. The van der Waals surface area contributed by atoms with Crippen LogP contribution in [0.5, 0.6) is 0 Å². The highest BCUT2D eigenvalue weighted by molar-refractivity contribution is 6.12. The standard InChI is InChI=1S/C55H36N2/c1-4-14-40(15-5-1)55(41-16-6-2-7-17-41)49-22-12-10-20-43(49)44-28-24-39(35-50(44)55)37-26-30-52-47(33-37)46-32-36(25-29-51(46)56-52)38-27-31-54-48(34-38)45-21-11-13-23-53(45)57(54)42-18-8-3-9-19-42/h1-35,56H. The molecular formula is C55H36N2. The number of hydrogen-bond donors (Lipinski definition) is 1. The molecule has 0 spiro atoms. The van der Waals surface area contributed by atoms with Gasteiger partial charge in [-0.1, -0.05) is 152 Å². The molecule has 11 aromatic rings. The summed E-state index contributed by atoms with van der Waals surface area (Å²) in [5, 5.41) is 4.98. The fraction of sp³-hybridized carbons (Fsp3) is 0.0182. The Morgan fingerprint density at radius 2 is 0.825 bits per heavy atom. The lowest BCUT2D eigenvalue weighted by Crippen LogP contribution is -2.28. The number of aromatic amines is 1. The molecule has 1 aliphatic carbocycles. The fourth-order valence-corrected chi connectivity index (χ4v) is 9.89. The molecule has 2 aromatic heterocycles. The zero-order valence-corrected chi connectivity index (χ0v) is 31.2. The highest BCUT2D eigenvalue weighted by Gasteiger charge is 2.46. The van der Waals surface area contributed by atoms with E-state index >= 15 is 0 Å². The van der Waals surface area contributed by atoms with E-state index in [1.807, 2.05) is 0 Å². The third-order valence-corrected chi connectivity index (χ3v) is 12.4. The summed E-state index contributed by atoms with van der Waals surface area (Å²) in [5.74, 6) is 0. The van der Waals surface area contributed by atoms with Crippen LogP contribution in [0.15, 0.2) is 212 Å². The molecule has 1 aliphatic rings. The first-order valence-electron chi connectivity index (χ1n) is 19.8. The second-order valence-corrected chi connectivity index (χ2v) is 15.4. The van der Waals surface area contributed by atoms with Crippen molar-refractivity contribution < 1.29 is 0 Å². The Morgan fingerprint density at radius 1 is 0.333 bits per heavy atom. The summed E-state index contributed by atoms with van der Waals surface area (Å²) in [6.45, 7) is 0. The smallest absolute Gasteiger partial charge is 0.0713 e. The maximum atomic E-state index is 3.72. The molecule has 0 unspecified atom stereocenters. The number of aromatic nitrogens is 2. The van der Waals surface area contributed by atoms with Crippen molar-refractivity contribution in [2.75, 3.05) is 0 Å². The van der Waals surface area contributed by atoms with Gasteiger partial charge < -0.3 is 9.55 Å². The molecule has 0 amide bonds. The molecule has 266 valence electrons.